The van der Waals surface area contributed by atoms with Crippen LogP contribution >= 0.6 is 15.9 Å². The van der Waals surface area contributed by atoms with Crippen LogP contribution in [0.25, 0.3) is 11.0 Å². The molecule has 0 spiro atoms. The molecule has 3 aromatic rings. The first-order chi connectivity index (χ1) is 11.9. The van der Waals surface area contributed by atoms with Crippen molar-refractivity contribution in [1.82, 2.24) is 5.32 Å². The van der Waals surface area contributed by atoms with Gasteiger partial charge in [0.15, 0.2) is 5.76 Å². The van der Waals surface area contributed by atoms with E-state index in [4.69, 9.17) is 4.42 Å². The zero-order valence-corrected chi connectivity index (χ0v) is 15.7. The average Bonchev–Trinajstić information content (AvgIpc) is 3.02. The van der Waals surface area contributed by atoms with Crippen molar-refractivity contribution in [3.8, 4) is 0 Å². The molecule has 1 atom stereocenters. The molecule has 4 nitrogen and oxygen atoms in total. The molecular formula is C20H20BrNO3. The van der Waals surface area contributed by atoms with Crippen LogP contribution < -0.4 is 5.32 Å². The van der Waals surface area contributed by atoms with Gasteiger partial charge in [0, 0.05) is 16.4 Å². The van der Waals surface area contributed by atoms with Crippen molar-refractivity contribution in [2.75, 3.05) is 6.54 Å². The molecule has 0 bridgehead atoms. The van der Waals surface area contributed by atoms with E-state index in [2.05, 4.69) is 35.1 Å². The second kappa shape index (κ2) is 7.42. The molecule has 0 saturated carbocycles. The third-order valence-corrected chi connectivity index (χ3v) is 4.64. The highest BCUT2D eigenvalue weighted by molar-refractivity contribution is 9.10. The Morgan fingerprint density at radius 2 is 1.80 bits per heavy atom. The number of carbonyl (C=O) groups is 1. The molecule has 0 aliphatic heterocycles. The number of furan rings is 1. The molecule has 5 heteroatoms. The Morgan fingerprint density at radius 3 is 2.48 bits per heavy atom. The number of aliphatic hydroxyl groups is 1. The Bertz CT molecular complexity index is 884. The molecule has 0 radical (unpaired) electrons. The average molecular weight is 402 g/mol. The summed E-state index contributed by atoms with van der Waals surface area (Å²) in [6, 6.07) is 15.0. The number of rotatable bonds is 5. The van der Waals surface area contributed by atoms with Gasteiger partial charge in [0.2, 0.25) is 0 Å². The largest absolute Gasteiger partial charge is 0.451 e. The van der Waals surface area contributed by atoms with Crippen LogP contribution in [-0.4, -0.2) is 17.6 Å². The Labute approximate surface area is 155 Å². The molecule has 1 amide bonds. The van der Waals surface area contributed by atoms with E-state index < -0.39 is 6.10 Å². The lowest BCUT2D eigenvalue weighted by Crippen LogP contribution is -2.28. The highest BCUT2D eigenvalue weighted by Crippen LogP contribution is 2.23. The molecule has 25 heavy (non-hydrogen) atoms. The third-order valence-electron chi connectivity index (χ3n) is 4.15. The minimum Gasteiger partial charge on any atom is -0.451 e. The second-order valence-electron chi connectivity index (χ2n) is 6.34. The first-order valence-electron chi connectivity index (χ1n) is 8.19. The maximum Gasteiger partial charge on any atom is 0.287 e. The molecular weight excluding hydrogens is 382 g/mol. The van der Waals surface area contributed by atoms with Crippen LogP contribution in [0.4, 0.5) is 0 Å². The summed E-state index contributed by atoms with van der Waals surface area (Å²) < 4.78 is 6.47. The van der Waals surface area contributed by atoms with Crippen molar-refractivity contribution >= 4 is 32.8 Å². The second-order valence-corrected chi connectivity index (χ2v) is 7.26. The van der Waals surface area contributed by atoms with Crippen molar-refractivity contribution < 1.29 is 14.3 Å². The van der Waals surface area contributed by atoms with Gasteiger partial charge in [-0.15, -0.1) is 0 Å². The topological polar surface area (TPSA) is 62.5 Å². The van der Waals surface area contributed by atoms with E-state index in [1.807, 2.05) is 36.4 Å². The molecule has 0 aliphatic carbocycles. The maximum atomic E-state index is 12.3. The summed E-state index contributed by atoms with van der Waals surface area (Å²) in [7, 11) is 0. The Kier molecular flexibility index (Phi) is 5.25. The predicted molar refractivity (Wildman–Crippen MR) is 102 cm³/mol. The van der Waals surface area contributed by atoms with Crippen molar-refractivity contribution in [3.05, 3.63) is 69.9 Å². The fraction of sp³-hybridized carbons (Fsp3) is 0.250. The number of nitrogens with one attached hydrogen (secondary N) is 1. The SMILES string of the molecule is CC(C)c1ccc(C(O)CNC(=O)c2cc3cc(Br)ccc3o2)cc1. The summed E-state index contributed by atoms with van der Waals surface area (Å²) in [4.78, 5) is 12.3. The molecule has 3 rings (SSSR count). The van der Waals surface area contributed by atoms with E-state index in [9.17, 15) is 9.90 Å². The normalized spacial score (nSPS) is 12.5. The number of fused-ring (bicyclic) bond motifs is 1. The van der Waals surface area contributed by atoms with Crippen molar-refractivity contribution in [2.24, 2.45) is 0 Å². The van der Waals surface area contributed by atoms with Crippen molar-refractivity contribution in [2.45, 2.75) is 25.9 Å². The minimum absolute atomic E-state index is 0.126. The highest BCUT2D eigenvalue weighted by atomic mass is 79.9. The van der Waals surface area contributed by atoms with Crippen LogP contribution in [0.1, 0.15) is 47.6 Å². The van der Waals surface area contributed by atoms with Gasteiger partial charge in [0.25, 0.3) is 5.91 Å². The molecule has 2 N–H and O–H groups in total. The number of amides is 1. The monoisotopic (exact) mass is 401 g/mol. The van der Waals surface area contributed by atoms with Crippen LogP contribution in [0, 0.1) is 0 Å². The Hall–Kier alpha value is -2.11. The molecule has 0 aliphatic rings. The summed E-state index contributed by atoms with van der Waals surface area (Å²) in [6.07, 6.45) is -0.760. The summed E-state index contributed by atoms with van der Waals surface area (Å²) in [5.74, 6) is 0.333. The van der Waals surface area contributed by atoms with E-state index in [1.54, 1.807) is 12.1 Å². The molecule has 130 valence electrons. The van der Waals surface area contributed by atoms with E-state index in [1.165, 1.54) is 5.56 Å². The first kappa shape index (κ1) is 17.7. The van der Waals surface area contributed by atoms with E-state index in [0.717, 1.165) is 15.4 Å². The summed E-state index contributed by atoms with van der Waals surface area (Å²) in [5, 5.41) is 13.8. The fourth-order valence-corrected chi connectivity index (χ4v) is 3.00. The molecule has 1 heterocycles. The number of hydrogen-bond acceptors (Lipinski definition) is 3. The number of hydrogen-bond donors (Lipinski definition) is 2. The molecule has 0 saturated heterocycles. The molecule has 1 unspecified atom stereocenters. The van der Waals surface area contributed by atoms with Crippen molar-refractivity contribution in [1.29, 1.82) is 0 Å². The molecule has 1 aromatic heterocycles. The van der Waals surface area contributed by atoms with Crippen LogP contribution in [0.3, 0.4) is 0 Å². The van der Waals surface area contributed by atoms with Gasteiger partial charge in [0.1, 0.15) is 5.58 Å². The van der Waals surface area contributed by atoms with Crippen LogP contribution in [-0.2, 0) is 0 Å². The lowest BCUT2D eigenvalue weighted by molar-refractivity contribution is 0.0891. The Morgan fingerprint density at radius 1 is 1.12 bits per heavy atom. The minimum atomic E-state index is -0.760. The van der Waals surface area contributed by atoms with E-state index >= 15 is 0 Å². The van der Waals surface area contributed by atoms with Gasteiger partial charge in [-0.25, -0.2) is 0 Å². The first-order valence-corrected chi connectivity index (χ1v) is 8.98. The smallest absolute Gasteiger partial charge is 0.287 e. The standard InChI is InChI=1S/C20H20BrNO3/c1-12(2)13-3-5-14(6-4-13)17(23)11-22-20(24)19-10-15-9-16(21)7-8-18(15)25-19/h3-10,12,17,23H,11H2,1-2H3,(H,22,24). The fourth-order valence-electron chi connectivity index (χ4n) is 2.62. The summed E-state index contributed by atoms with van der Waals surface area (Å²) in [6.45, 7) is 4.37. The van der Waals surface area contributed by atoms with Crippen LogP contribution in [0.5, 0.6) is 0 Å². The zero-order valence-electron chi connectivity index (χ0n) is 14.1. The van der Waals surface area contributed by atoms with Gasteiger partial charge < -0.3 is 14.8 Å². The number of benzene rings is 2. The number of carbonyl (C=O) groups excluding carboxylic acids is 1. The van der Waals surface area contributed by atoms with Crippen LogP contribution in [0.2, 0.25) is 0 Å². The van der Waals surface area contributed by atoms with Gasteiger partial charge in [0.05, 0.1) is 6.10 Å². The van der Waals surface area contributed by atoms with Gasteiger partial charge >= 0.3 is 0 Å². The van der Waals surface area contributed by atoms with Crippen molar-refractivity contribution in [3.63, 3.8) is 0 Å². The van der Waals surface area contributed by atoms with E-state index in [-0.39, 0.29) is 18.2 Å². The van der Waals surface area contributed by atoms with E-state index in [0.29, 0.717) is 11.5 Å². The number of aliphatic hydroxyl groups excluding tert-OH is 1. The Balaban J connectivity index is 1.64. The lowest BCUT2D eigenvalue weighted by atomic mass is 10.00. The van der Waals surface area contributed by atoms with Gasteiger partial charge in [-0.3, -0.25) is 4.79 Å². The van der Waals surface area contributed by atoms with Crippen LogP contribution in [0.15, 0.2) is 57.4 Å². The maximum absolute atomic E-state index is 12.3. The van der Waals surface area contributed by atoms with Gasteiger partial charge in [-0.1, -0.05) is 54.0 Å². The van der Waals surface area contributed by atoms with Gasteiger partial charge in [-0.2, -0.15) is 0 Å². The third kappa shape index (κ3) is 4.11. The van der Waals surface area contributed by atoms with Gasteiger partial charge in [-0.05, 0) is 41.3 Å². The summed E-state index contributed by atoms with van der Waals surface area (Å²) >= 11 is 3.39. The highest BCUT2D eigenvalue weighted by Gasteiger charge is 2.15. The number of halogens is 1. The zero-order chi connectivity index (χ0) is 18.0. The lowest BCUT2D eigenvalue weighted by Gasteiger charge is -2.13. The quantitative estimate of drug-likeness (QED) is 0.646. The molecule has 0 fully saturated rings. The summed E-state index contributed by atoms with van der Waals surface area (Å²) in [5.41, 5.74) is 2.64. The predicted octanol–water partition coefficient (Wildman–Crippen LogP) is 4.78. The molecule has 2 aromatic carbocycles.